The molecule has 3 rings (SSSR count). The highest BCUT2D eigenvalue weighted by atomic mass is 16.4. The summed E-state index contributed by atoms with van der Waals surface area (Å²) in [6.45, 7) is 0. The van der Waals surface area contributed by atoms with Crippen LogP contribution in [0.5, 0.6) is 0 Å². The first-order chi connectivity index (χ1) is 8.27. The Bertz CT molecular complexity index is 597. The maximum absolute atomic E-state index is 10.9. The van der Waals surface area contributed by atoms with Gasteiger partial charge in [-0.3, -0.25) is 4.98 Å². The zero-order valence-electron chi connectivity index (χ0n) is 8.92. The Morgan fingerprint density at radius 1 is 1.06 bits per heavy atom. The maximum atomic E-state index is 10.9. The molecule has 0 aliphatic heterocycles. The fourth-order valence-electron chi connectivity index (χ4n) is 2.19. The molecule has 1 aliphatic rings. The van der Waals surface area contributed by atoms with Crippen LogP contribution in [0.2, 0.25) is 0 Å². The van der Waals surface area contributed by atoms with E-state index in [0.717, 1.165) is 28.0 Å². The molecule has 82 valence electrons. The molecule has 1 heterocycles. The summed E-state index contributed by atoms with van der Waals surface area (Å²) in [4.78, 5) is 15.2. The lowest BCUT2D eigenvalue weighted by Crippen LogP contribution is -1.91. The van der Waals surface area contributed by atoms with E-state index >= 15 is 0 Å². The summed E-state index contributed by atoms with van der Waals surface area (Å²) in [6, 6.07) is 11.4. The van der Waals surface area contributed by atoms with Gasteiger partial charge in [0.25, 0.3) is 0 Å². The van der Waals surface area contributed by atoms with Gasteiger partial charge in [-0.1, -0.05) is 30.3 Å². The van der Waals surface area contributed by atoms with Crippen molar-refractivity contribution in [2.75, 3.05) is 0 Å². The van der Waals surface area contributed by atoms with Crippen molar-refractivity contribution in [2.24, 2.45) is 0 Å². The minimum atomic E-state index is -0.938. The van der Waals surface area contributed by atoms with Crippen LogP contribution in [0.3, 0.4) is 0 Å². The number of fused-ring (bicyclic) bond motifs is 3. The van der Waals surface area contributed by atoms with Gasteiger partial charge in [0.1, 0.15) is 0 Å². The Kier molecular flexibility index (Phi) is 2.05. The number of carbonyl (C=O) groups is 1. The van der Waals surface area contributed by atoms with Crippen LogP contribution < -0.4 is 0 Å². The number of hydrogen-bond donors (Lipinski definition) is 1. The number of pyridine rings is 1. The van der Waals surface area contributed by atoms with Crippen molar-refractivity contribution in [1.29, 1.82) is 0 Å². The smallest absolute Gasteiger partial charge is 0.328 e. The summed E-state index contributed by atoms with van der Waals surface area (Å²) in [5.41, 5.74) is 4.40. The molecule has 0 unspecified atom stereocenters. The fourth-order valence-corrected chi connectivity index (χ4v) is 2.19. The van der Waals surface area contributed by atoms with Gasteiger partial charge < -0.3 is 5.11 Å². The van der Waals surface area contributed by atoms with Crippen LogP contribution in [0.25, 0.3) is 16.8 Å². The zero-order chi connectivity index (χ0) is 11.8. The van der Waals surface area contributed by atoms with Crippen molar-refractivity contribution < 1.29 is 9.90 Å². The molecule has 0 saturated heterocycles. The van der Waals surface area contributed by atoms with E-state index in [9.17, 15) is 4.79 Å². The fraction of sp³-hybridized carbons (Fsp3) is 0. The SMILES string of the molecule is O=C(O)C=C1c2ccccc2-c2ncccc21. The van der Waals surface area contributed by atoms with Crippen molar-refractivity contribution in [3.8, 4) is 11.3 Å². The Morgan fingerprint density at radius 3 is 2.53 bits per heavy atom. The van der Waals surface area contributed by atoms with E-state index in [-0.39, 0.29) is 0 Å². The van der Waals surface area contributed by atoms with Crippen LogP contribution in [0.1, 0.15) is 11.1 Å². The van der Waals surface area contributed by atoms with Crippen molar-refractivity contribution in [3.05, 3.63) is 59.8 Å². The second kappa shape index (κ2) is 3.56. The molecule has 1 N–H and O–H groups in total. The van der Waals surface area contributed by atoms with Gasteiger partial charge in [-0.25, -0.2) is 4.79 Å². The van der Waals surface area contributed by atoms with Gasteiger partial charge in [0.05, 0.1) is 5.69 Å². The van der Waals surface area contributed by atoms with E-state index in [4.69, 9.17) is 5.11 Å². The highest BCUT2D eigenvalue weighted by molar-refractivity contribution is 6.05. The first-order valence-electron chi connectivity index (χ1n) is 5.27. The van der Waals surface area contributed by atoms with Crippen LogP contribution >= 0.6 is 0 Å². The van der Waals surface area contributed by atoms with E-state index in [1.54, 1.807) is 6.20 Å². The molecular formula is C14H9NO2. The quantitative estimate of drug-likeness (QED) is 0.645. The maximum Gasteiger partial charge on any atom is 0.328 e. The minimum absolute atomic E-state index is 0.733. The van der Waals surface area contributed by atoms with Crippen molar-refractivity contribution in [1.82, 2.24) is 4.98 Å². The van der Waals surface area contributed by atoms with Crippen molar-refractivity contribution in [3.63, 3.8) is 0 Å². The standard InChI is InChI=1S/C14H9NO2/c16-13(17)8-12-9-4-1-2-5-10(9)14-11(12)6-3-7-15-14/h1-8H,(H,16,17). The molecule has 0 fully saturated rings. The lowest BCUT2D eigenvalue weighted by molar-refractivity contribution is -0.131. The molecule has 0 saturated carbocycles. The first-order valence-corrected chi connectivity index (χ1v) is 5.27. The van der Waals surface area contributed by atoms with Crippen molar-refractivity contribution >= 4 is 11.5 Å². The molecule has 0 spiro atoms. The summed E-state index contributed by atoms with van der Waals surface area (Å²) in [5.74, 6) is -0.938. The number of rotatable bonds is 1. The van der Waals surface area contributed by atoms with E-state index in [2.05, 4.69) is 4.98 Å². The van der Waals surface area contributed by atoms with E-state index in [1.807, 2.05) is 36.4 Å². The highest BCUT2D eigenvalue weighted by Gasteiger charge is 2.24. The van der Waals surface area contributed by atoms with Gasteiger partial charge in [0, 0.05) is 23.4 Å². The highest BCUT2D eigenvalue weighted by Crippen LogP contribution is 2.42. The number of aliphatic carboxylic acids is 1. The largest absolute Gasteiger partial charge is 0.478 e. The van der Waals surface area contributed by atoms with Crippen LogP contribution in [0, 0.1) is 0 Å². The van der Waals surface area contributed by atoms with Gasteiger partial charge >= 0.3 is 5.97 Å². The van der Waals surface area contributed by atoms with Gasteiger partial charge in [-0.2, -0.15) is 0 Å². The summed E-state index contributed by atoms with van der Waals surface area (Å²) < 4.78 is 0. The predicted molar refractivity (Wildman–Crippen MR) is 64.4 cm³/mol. The Morgan fingerprint density at radius 2 is 1.76 bits per heavy atom. The molecule has 0 radical (unpaired) electrons. The third kappa shape index (κ3) is 1.44. The number of hydrogen-bond acceptors (Lipinski definition) is 2. The van der Waals surface area contributed by atoms with Crippen LogP contribution in [0.15, 0.2) is 48.7 Å². The molecule has 0 bridgehead atoms. The van der Waals surface area contributed by atoms with Gasteiger partial charge in [0.15, 0.2) is 0 Å². The lowest BCUT2D eigenvalue weighted by atomic mass is 10.0. The van der Waals surface area contributed by atoms with Gasteiger partial charge in [-0.15, -0.1) is 0 Å². The number of benzene rings is 1. The molecule has 2 aromatic rings. The van der Waals surface area contributed by atoms with Gasteiger partial charge in [-0.05, 0) is 17.2 Å². The summed E-state index contributed by atoms with van der Waals surface area (Å²) in [7, 11) is 0. The monoisotopic (exact) mass is 223 g/mol. The van der Waals surface area contributed by atoms with E-state index < -0.39 is 5.97 Å². The van der Waals surface area contributed by atoms with Gasteiger partial charge in [0.2, 0.25) is 0 Å². The molecule has 17 heavy (non-hydrogen) atoms. The lowest BCUT2D eigenvalue weighted by Gasteiger charge is -1.99. The topological polar surface area (TPSA) is 50.2 Å². The van der Waals surface area contributed by atoms with Crippen molar-refractivity contribution in [2.45, 2.75) is 0 Å². The molecular weight excluding hydrogens is 214 g/mol. The van der Waals surface area contributed by atoms with E-state index in [0.29, 0.717) is 0 Å². The molecule has 3 nitrogen and oxygen atoms in total. The van der Waals surface area contributed by atoms with Crippen LogP contribution in [-0.4, -0.2) is 16.1 Å². The Balaban J connectivity index is 2.35. The first kappa shape index (κ1) is 9.78. The second-order valence-electron chi connectivity index (χ2n) is 3.84. The summed E-state index contributed by atoms with van der Waals surface area (Å²) in [5, 5.41) is 8.93. The Hall–Kier alpha value is -2.42. The predicted octanol–water partition coefficient (Wildman–Crippen LogP) is 2.58. The molecule has 1 aromatic carbocycles. The molecule has 3 heteroatoms. The average Bonchev–Trinajstić information content (AvgIpc) is 2.65. The number of aromatic nitrogens is 1. The minimum Gasteiger partial charge on any atom is -0.478 e. The normalized spacial score (nSPS) is 14.5. The molecule has 0 amide bonds. The summed E-state index contributed by atoms with van der Waals surface area (Å²) in [6.07, 6.45) is 2.96. The second-order valence-corrected chi connectivity index (χ2v) is 3.84. The Labute approximate surface area is 98.1 Å². The number of carboxylic acid groups (broad SMARTS) is 1. The number of nitrogens with zero attached hydrogens (tertiary/aromatic N) is 1. The van der Waals surface area contributed by atoms with E-state index in [1.165, 1.54) is 6.08 Å². The van der Waals surface area contributed by atoms with Crippen LogP contribution in [0.4, 0.5) is 0 Å². The third-order valence-electron chi connectivity index (χ3n) is 2.84. The molecule has 1 aromatic heterocycles. The molecule has 1 aliphatic carbocycles. The third-order valence-corrected chi connectivity index (χ3v) is 2.84. The van der Waals surface area contributed by atoms with Crippen LogP contribution in [-0.2, 0) is 4.79 Å². The summed E-state index contributed by atoms with van der Waals surface area (Å²) >= 11 is 0. The number of carboxylic acids is 1. The molecule has 0 atom stereocenters. The average molecular weight is 223 g/mol. The zero-order valence-corrected chi connectivity index (χ0v) is 8.92.